The Hall–Kier alpha value is -0.900. The van der Waals surface area contributed by atoms with Gasteiger partial charge in [-0.3, -0.25) is 9.59 Å². The standard InChI is InChI=1S/C11H17NO3/c1-8-9(3-5-15-8)7-12-4-2-10(13)6-11(12)14/h8-9H,2-7H2,1H3. The van der Waals surface area contributed by atoms with Crippen molar-refractivity contribution >= 4 is 11.7 Å². The third kappa shape index (κ3) is 2.37. The molecule has 2 aliphatic heterocycles. The molecule has 0 spiro atoms. The summed E-state index contributed by atoms with van der Waals surface area (Å²) in [5.74, 6) is 0.513. The van der Waals surface area contributed by atoms with E-state index in [9.17, 15) is 9.59 Å². The smallest absolute Gasteiger partial charge is 0.230 e. The Kier molecular flexibility index (Phi) is 3.05. The molecule has 0 aliphatic carbocycles. The molecular formula is C11H17NO3. The summed E-state index contributed by atoms with van der Waals surface area (Å²) in [4.78, 5) is 24.4. The molecule has 0 radical (unpaired) electrons. The fourth-order valence-electron chi connectivity index (χ4n) is 2.25. The molecule has 2 atom stereocenters. The molecule has 2 unspecified atom stereocenters. The topological polar surface area (TPSA) is 46.6 Å². The van der Waals surface area contributed by atoms with Crippen molar-refractivity contribution in [3.05, 3.63) is 0 Å². The highest BCUT2D eigenvalue weighted by atomic mass is 16.5. The molecule has 2 saturated heterocycles. The summed E-state index contributed by atoms with van der Waals surface area (Å²) < 4.78 is 5.46. The van der Waals surface area contributed by atoms with E-state index in [1.165, 1.54) is 0 Å². The number of rotatable bonds is 2. The van der Waals surface area contributed by atoms with Gasteiger partial charge in [0.2, 0.25) is 5.91 Å². The van der Waals surface area contributed by atoms with Crippen molar-refractivity contribution in [3.8, 4) is 0 Å². The van der Waals surface area contributed by atoms with Gasteiger partial charge < -0.3 is 9.64 Å². The number of likely N-dealkylation sites (tertiary alicyclic amines) is 1. The Bertz CT molecular complexity index is 277. The van der Waals surface area contributed by atoms with E-state index < -0.39 is 0 Å². The van der Waals surface area contributed by atoms with Crippen molar-refractivity contribution in [2.45, 2.75) is 32.3 Å². The van der Waals surface area contributed by atoms with Gasteiger partial charge in [0.25, 0.3) is 0 Å². The van der Waals surface area contributed by atoms with Crippen molar-refractivity contribution in [1.29, 1.82) is 0 Å². The highest BCUT2D eigenvalue weighted by Crippen LogP contribution is 2.22. The van der Waals surface area contributed by atoms with Gasteiger partial charge in [0.05, 0.1) is 12.5 Å². The van der Waals surface area contributed by atoms with Gasteiger partial charge >= 0.3 is 0 Å². The molecule has 0 aromatic rings. The van der Waals surface area contributed by atoms with Crippen LogP contribution in [0.1, 0.15) is 26.2 Å². The van der Waals surface area contributed by atoms with Gasteiger partial charge in [0, 0.05) is 32.0 Å². The second kappa shape index (κ2) is 4.31. The van der Waals surface area contributed by atoms with Crippen LogP contribution in [0.25, 0.3) is 0 Å². The summed E-state index contributed by atoms with van der Waals surface area (Å²) in [5, 5.41) is 0. The summed E-state index contributed by atoms with van der Waals surface area (Å²) >= 11 is 0. The number of piperidine rings is 1. The van der Waals surface area contributed by atoms with Crippen molar-refractivity contribution in [3.63, 3.8) is 0 Å². The number of hydrogen-bond donors (Lipinski definition) is 0. The van der Waals surface area contributed by atoms with E-state index in [1.807, 2.05) is 4.90 Å². The summed E-state index contributed by atoms with van der Waals surface area (Å²) in [6, 6.07) is 0. The van der Waals surface area contributed by atoms with Crippen molar-refractivity contribution < 1.29 is 14.3 Å². The van der Waals surface area contributed by atoms with Crippen LogP contribution in [0.5, 0.6) is 0 Å². The fraction of sp³-hybridized carbons (Fsp3) is 0.818. The van der Waals surface area contributed by atoms with E-state index in [1.54, 1.807) is 0 Å². The molecule has 4 heteroatoms. The molecule has 15 heavy (non-hydrogen) atoms. The van der Waals surface area contributed by atoms with Crippen LogP contribution in [0.4, 0.5) is 0 Å². The summed E-state index contributed by atoms with van der Waals surface area (Å²) in [6.45, 7) is 4.21. The van der Waals surface area contributed by atoms with Crippen molar-refractivity contribution in [2.75, 3.05) is 19.7 Å². The molecule has 1 amide bonds. The Morgan fingerprint density at radius 3 is 2.87 bits per heavy atom. The lowest BCUT2D eigenvalue weighted by Crippen LogP contribution is -2.42. The third-order valence-corrected chi connectivity index (χ3v) is 3.35. The molecule has 2 fully saturated rings. The van der Waals surface area contributed by atoms with Gasteiger partial charge in [0.1, 0.15) is 5.78 Å². The number of Topliss-reactive ketones (excluding diaryl/α,β-unsaturated/α-hetero) is 1. The fourth-order valence-corrected chi connectivity index (χ4v) is 2.25. The van der Waals surface area contributed by atoms with Crippen LogP contribution in [0, 0.1) is 5.92 Å². The first-order chi connectivity index (χ1) is 7.16. The number of nitrogens with zero attached hydrogens (tertiary/aromatic N) is 1. The molecule has 4 nitrogen and oxygen atoms in total. The largest absolute Gasteiger partial charge is 0.378 e. The SMILES string of the molecule is CC1OCCC1CN1CCC(=O)CC1=O. The van der Waals surface area contributed by atoms with E-state index in [0.717, 1.165) is 19.6 Å². The van der Waals surface area contributed by atoms with Gasteiger partial charge in [-0.05, 0) is 13.3 Å². The van der Waals surface area contributed by atoms with E-state index >= 15 is 0 Å². The van der Waals surface area contributed by atoms with Crippen molar-refractivity contribution in [2.24, 2.45) is 5.92 Å². The number of amides is 1. The Labute approximate surface area is 89.6 Å². The summed E-state index contributed by atoms with van der Waals surface area (Å²) in [5.41, 5.74) is 0. The molecule has 0 saturated carbocycles. The van der Waals surface area contributed by atoms with Gasteiger partial charge in [-0.2, -0.15) is 0 Å². The zero-order chi connectivity index (χ0) is 10.8. The average Bonchev–Trinajstić information content (AvgIpc) is 2.57. The lowest BCUT2D eigenvalue weighted by Gasteiger charge is -2.29. The van der Waals surface area contributed by atoms with E-state index in [-0.39, 0.29) is 24.2 Å². The zero-order valence-corrected chi connectivity index (χ0v) is 9.07. The average molecular weight is 211 g/mol. The maximum Gasteiger partial charge on any atom is 0.230 e. The number of ether oxygens (including phenoxy) is 1. The monoisotopic (exact) mass is 211 g/mol. The first kappa shape index (κ1) is 10.6. The van der Waals surface area contributed by atoms with Crippen LogP contribution in [-0.4, -0.2) is 42.4 Å². The molecule has 0 bridgehead atoms. The Balaban J connectivity index is 1.88. The summed E-state index contributed by atoms with van der Waals surface area (Å²) in [6.07, 6.45) is 1.89. The molecule has 0 aromatic heterocycles. The lowest BCUT2D eigenvalue weighted by molar-refractivity contribution is -0.140. The molecule has 0 aromatic carbocycles. The van der Waals surface area contributed by atoms with Crippen LogP contribution < -0.4 is 0 Å². The number of hydrogen-bond acceptors (Lipinski definition) is 3. The maximum atomic E-state index is 11.6. The van der Waals surface area contributed by atoms with Gasteiger partial charge in [-0.25, -0.2) is 0 Å². The predicted molar refractivity (Wildman–Crippen MR) is 54.3 cm³/mol. The molecule has 0 N–H and O–H groups in total. The molecular weight excluding hydrogens is 194 g/mol. The van der Waals surface area contributed by atoms with Crippen molar-refractivity contribution in [1.82, 2.24) is 4.90 Å². The first-order valence-corrected chi connectivity index (χ1v) is 5.58. The zero-order valence-electron chi connectivity index (χ0n) is 9.07. The van der Waals surface area contributed by atoms with Crippen LogP contribution in [-0.2, 0) is 14.3 Å². The highest BCUT2D eigenvalue weighted by Gasteiger charge is 2.30. The molecule has 2 aliphatic rings. The Morgan fingerprint density at radius 1 is 1.47 bits per heavy atom. The van der Waals surface area contributed by atoms with Crippen LogP contribution >= 0.6 is 0 Å². The number of carbonyl (C=O) groups excluding carboxylic acids is 2. The van der Waals surface area contributed by atoms with E-state index in [0.29, 0.717) is 18.9 Å². The predicted octanol–water partition coefficient (Wildman–Crippen LogP) is 0.603. The molecule has 2 heterocycles. The third-order valence-electron chi connectivity index (χ3n) is 3.35. The second-order valence-corrected chi connectivity index (χ2v) is 4.43. The first-order valence-electron chi connectivity index (χ1n) is 5.58. The second-order valence-electron chi connectivity index (χ2n) is 4.43. The van der Waals surface area contributed by atoms with Gasteiger partial charge in [0.15, 0.2) is 0 Å². The number of carbonyl (C=O) groups is 2. The molecule has 2 rings (SSSR count). The minimum atomic E-state index is -0.00894. The van der Waals surface area contributed by atoms with Gasteiger partial charge in [-0.15, -0.1) is 0 Å². The highest BCUT2D eigenvalue weighted by molar-refractivity contribution is 6.00. The molecule has 84 valence electrons. The van der Waals surface area contributed by atoms with Crippen LogP contribution in [0.2, 0.25) is 0 Å². The van der Waals surface area contributed by atoms with E-state index in [4.69, 9.17) is 4.74 Å². The Morgan fingerprint density at radius 2 is 2.27 bits per heavy atom. The normalized spacial score (nSPS) is 32.5. The van der Waals surface area contributed by atoms with Crippen LogP contribution in [0.3, 0.4) is 0 Å². The quantitative estimate of drug-likeness (QED) is 0.628. The summed E-state index contributed by atoms with van der Waals surface area (Å²) in [7, 11) is 0. The number of ketones is 1. The van der Waals surface area contributed by atoms with Crippen LogP contribution in [0.15, 0.2) is 0 Å². The lowest BCUT2D eigenvalue weighted by atomic mass is 10.00. The minimum Gasteiger partial charge on any atom is -0.378 e. The van der Waals surface area contributed by atoms with Gasteiger partial charge in [-0.1, -0.05) is 0 Å². The van der Waals surface area contributed by atoms with E-state index in [2.05, 4.69) is 6.92 Å². The minimum absolute atomic E-state index is 0.00894. The maximum absolute atomic E-state index is 11.6.